The molecule has 0 saturated carbocycles. The quantitative estimate of drug-likeness (QED) is 0.786. The van der Waals surface area contributed by atoms with Gasteiger partial charge in [-0.1, -0.05) is 18.2 Å². The van der Waals surface area contributed by atoms with Crippen molar-refractivity contribution < 1.29 is 4.79 Å². The van der Waals surface area contributed by atoms with Gasteiger partial charge in [0.05, 0.1) is 23.4 Å². The van der Waals surface area contributed by atoms with Gasteiger partial charge < -0.3 is 4.90 Å². The van der Waals surface area contributed by atoms with Gasteiger partial charge in [-0.15, -0.1) is 0 Å². The Hall–Kier alpha value is -3.26. The second-order valence-corrected chi connectivity index (χ2v) is 7.56. The van der Waals surface area contributed by atoms with E-state index in [4.69, 9.17) is 5.26 Å². The number of azo groups is 1. The number of aryl methyl sites for hydroxylation is 1. The van der Waals surface area contributed by atoms with Crippen LogP contribution >= 0.6 is 0 Å². The Morgan fingerprint density at radius 2 is 1.86 bits per heavy atom. The molecule has 2 heterocycles. The van der Waals surface area contributed by atoms with Crippen LogP contribution in [0, 0.1) is 18.3 Å². The number of nitriles is 1. The fourth-order valence-corrected chi connectivity index (χ4v) is 3.92. The predicted molar refractivity (Wildman–Crippen MR) is 108 cm³/mol. The monoisotopic (exact) mass is 370 g/mol. The fourth-order valence-electron chi connectivity index (χ4n) is 3.92. The van der Waals surface area contributed by atoms with E-state index in [0.29, 0.717) is 30.1 Å². The molecule has 2 aliphatic rings. The van der Waals surface area contributed by atoms with Gasteiger partial charge in [-0.25, -0.2) is 0 Å². The van der Waals surface area contributed by atoms with Crippen LogP contribution in [0.3, 0.4) is 0 Å². The van der Waals surface area contributed by atoms with Gasteiger partial charge in [0.15, 0.2) is 0 Å². The van der Waals surface area contributed by atoms with E-state index in [-0.39, 0.29) is 11.9 Å². The van der Waals surface area contributed by atoms with E-state index in [1.165, 1.54) is 5.56 Å². The number of benzene rings is 2. The van der Waals surface area contributed by atoms with Crippen molar-refractivity contribution in [2.75, 3.05) is 13.1 Å². The van der Waals surface area contributed by atoms with Gasteiger partial charge in [0.25, 0.3) is 5.91 Å². The number of rotatable bonds is 3. The third-order valence-corrected chi connectivity index (χ3v) is 5.64. The Labute approximate surface area is 165 Å². The number of allylic oxidation sites excluding steroid dienone is 1. The van der Waals surface area contributed by atoms with Crippen LogP contribution in [-0.2, 0) is 0 Å². The smallest absolute Gasteiger partial charge is 0.253 e. The molecule has 0 bridgehead atoms. The molecule has 140 valence electrons. The largest absolute Gasteiger partial charge is 0.337 e. The number of carbonyl (C=O) groups is 1. The van der Waals surface area contributed by atoms with E-state index >= 15 is 0 Å². The minimum absolute atomic E-state index is 0.0221. The van der Waals surface area contributed by atoms with Crippen LogP contribution in [0.15, 0.2) is 58.4 Å². The van der Waals surface area contributed by atoms with Crippen molar-refractivity contribution in [2.45, 2.75) is 32.7 Å². The summed E-state index contributed by atoms with van der Waals surface area (Å²) in [6.45, 7) is 7.46. The van der Waals surface area contributed by atoms with Crippen LogP contribution in [0.2, 0.25) is 0 Å². The molecule has 2 aromatic rings. The zero-order valence-corrected chi connectivity index (χ0v) is 16.3. The summed E-state index contributed by atoms with van der Waals surface area (Å²) in [7, 11) is 0. The van der Waals surface area contributed by atoms with Crippen molar-refractivity contribution in [2.24, 2.45) is 10.2 Å². The summed E-state index contributed by atoms with van der Waals surface area (Å²) < 4.78 is 0. The molecular weight excluding hydrogens is 348 g/mol. The fraction of sp³-hybridized carbons (Fsp3) is 0.304. The molecule has 5 nitrogen and oxygen atoms in total. The normalized spacial score (nSPS) is 18.9. The maximum Gasteiger partial charge on any atom is 0.253 e. The summed E-state index contributed by atoms with van der Waals surface area (Å²) in [6, 6.07) is 15.7. The van der Waals surface area contributed by atoms with Crippen LogP contribution in [0.1, 0.15) is 52.4 Å². The molecule has 1 unspecified atom stereocenters. The summed E-state index contributed by atoms with van der Waals surface area (Å²) in [5.74, 6) is 0.392. The van der Waals surface area contributed by atoms with Crippen molar-refractivity contribution in [3.05, 3.63) is 76.0 Å². The van der Waals surface area contributed by atoms with E-state index in [2.05, 4.69) is 23.2 Å². The zero-order chi connectivity index (χ0) is 19.8. The van der Waals surface area contributed by atoms with Crippen LogP contribution < -0.4 is 0 Å². The predicted octanol–water partition coefficient (Wildman–Crippen LogP) is 4.69. The van der Waals surface area contributed by atoms with Gasteiger partial charge in [0, 0.05) is 30.1 Å². The summed E-state index contributed by atoms with van der Waals surface area (Å²) in [6.07, 6.45) is 0. The molecule has 2 aliphatic heterocycles. The second-order valence-electron chi connectivity index (χ2n) is 7.56. The van der Waals surface area contributed by atoms with E-state index in [1.807, 2.05) is 61.2 Å². The van der Waals surface area contributed by atoms with Crippen molar-refractivity contribution in [3.63, 3.8) is 0 Å². The molecule has 5 heteroatoms. The van der Waals surface area contributed by atoms with Crippen LogP contribution in [0.4, 0.5) is 0 Å². The topological polar surface area (TPSA) is 68.8 Å². The third-order valence-electron chi connectivity index (χ3n) is 5.64. The van der Waals surface area contributed by atoms with Gasteiger partial charge >= 0.3 is 0 Å². The van der Waals surface area contributed by atoms with Crippen molar-refractivity contribution in [1.82, 2.24) is 4.90 Å². The Kier molecular flexibility index (Phi) is 4.56. The summed E-state index contributed by atoms with van der Waals surface area (Å²) >= 11 is 0. The Bertz CT molecular complexity index is 1040. The number of carbonyl (C=O) groups excluding carboxylic acids is 1. The van der Waals surface area contributed by atoms with Crippen molar-refractivity contribution in [1.29, 1.82) is 5.26 Å². The van der Waals surface area contributed by atoms with E-state index < -0.39 is 0 Å². The van der Waals surface area contributed by atoms with Crippen molar-refractivity contribution >= 4 is 11.5 Å². The Balaban J connectivity index is 1.50. The van der Waals surface area contributed by atoms with Gasteiger partial charge in [0.1, 0.15) is 0 Å². The molecule has 4 rings (SSSR count). The zero-order valence-electron chi connectivity index (χ0n) is 16.3. The summed E-state index contributed by atoms with van der Waals surface area (Å²) in [4.78, 5) is 14.8. The van der Waals surface area contributed by atoms with E-state index in [9.17, 15) is 4.79 Å². The first kappa shape index (κ1) is 18.1. The average Bonchev–Trinajstić information content (AvgIpc) is 3.00. The Morgan fingerprint density at radius 1 is 1.14 bits per heavy atom. The maximum absolute atomic E-state index is 13.0. The summed E-state index contributed by atoms with van der Waals surface area (Å²) in [5.41, 5.74) is 6.76. The highest BCUT2D eigenvalue weighted by molar-refractivity contribution is 5.96. The van der Waals surface area contributed by atoms with Crippen LogP contribution in [0.5, 0.6) is 0 Å². The lowest BCUT2D eigenvalue weighted by molar-refractivity contribution is 0.0602. The molecule has 0 aliphatic carbocycles. The number of hydrogen-bond donors (Lipinski definition) is 0. The highest BCUT2D eigenvalue weighted by Crippen LogP contribution is 2.34. The summed E-state index contributed by atoms with van der Waals surface area (Å²) in [5, 5.41) is 17.4. The highest BCUT2D eigenvalue weighted by Gasteiger charge is 2.32. The van der Waals surface area contributed by atoms with E-state index in [1.54, 1.807) is 0 Å². The van der Waals surface area contributed by atoms with Gasteiger partial charge in [-0.3, -0.25) is 4.79 Å². The van der Waals surface area contributed by atoms with Gasteiger partial charge in [0.2, 0.25) is 0 Å². The lowest BCUT2D eigenvalue weighted by Gasteiger charge is -2.39. The SMILES string of the molecule is CC1=C(c2cc(C(=O)N3CC(c4ccc(C#N)cc4)C3)ccc2C)C(C)N=N1. The second kappa shape index (κ2) is 7.05. The molecule has 1 fully saturated rings. The maximum atomic E-state index is 13.0. The first-order valence-electron chi connectivity index (χ1n) is 9.50. The minimum atomic E-state index is 0.0221. The Morgan fingerprint density at radius 3 is 2.46 bits per heavy atom. The van der Waals surface area contributed by atoms with Crippen LogP contribution in [0.25, 0.3) is 5.57 Å². The molecule has 0 aromatic heterocycles. The molecular formula is C23H22N4O. The molecule has 1 saturated heterocycles. The molecule has 2 aromatic carbocycles. The lowest BCUT2D eigenvalue weighted by Crippen LogP contribution is -2.48. The van der Waals surface area contributed by atoms with Gasteiger partial charge in [-0.2, -0.15) is 15.5 Å². The van der Waals surface area contributed by atoms with E-state index in [0.717, 1.165) is 22.4 Å². The average molecular weight is 370 g/mol. The van der Waals surface area contributed by atoms with Crippen molar-refractivity contribution in [3.8, 4) is 6.07 Å². The minimum Gasteiger partial charge on any atom is -0.337 e. The first-order chi connectivity index (χ1) is 13.5. The van der Waals surface area contributed by atoms with Gasteiger partial charge in [-0.05, 0) is 61.7 Å². The molecule has 0 N–H and O–H groups in total. The number of amides is 1. The standard InChI is InChI=1S/C23H22N4O/c1-14-4-7-19(10-21(14)22-15(2)25-26-16(22)3)23(28)27-12-20(13-27)18-8-5-17(11-24)6-9-18/h4-10,15,20H,12-13H2,1-3H3. The van der Waals surface area contributed by atoms with Crippen LogP contribution in [-0.4, -0.2) is 29.9 Å². The number of likely N-dealkylation sites (tertiary alicyclic amines) is 1. The molecule has 28 heavy (non-hydrogen) atoms. The first-order valence-corrected chi connectivity index (χ1v) is 9.50. The third kappa shape index (κ3) is 3.11. The molecule has 1 amide bonds. The number of nitrogens with zero attached hydrogens (tertiary/aromatic N) is 4. The highest BCUT2D eigenvalue weighted by atomic mass is 16.2. The lowest BCUT2D eigenvalue weighted by atomic mass is 9.89. The molecule has 0 radical (unpaired) electrons. The number of hydrogen-bond acceptors (Lipinski definition) is 4. The molecule has 0 spiro atoms. The molecule has 1 atom stereocenters.